The Morgan fingerprint density at radius 3 is 2.58 bits per heavy atom. The van der Waals surface area contributed by atoms with Gasteiger partial charge in [-0.05, 0) is 78.2 Å². The Labute approximate surface area is 225 Å². The number of aromatic nitrogens is 1. The minimum atomic E-state index is -0.693. The number of methoxy groups -OCH3 is 1. The first-order valence-electron chi connectivity index (χ1n) is 11.2. The summed E-state index contributed by atoms with van der Waals surface area (Å²) in [6, 6.07) is 10.0. The van der Waals surface area contributed by atoms with Gasteiger partial charge in [-0.1, -0.05) is 35.1 Å². The molecular formula is C26H24BrClN2O5S. The number of hydrogen-bond acceptors (Lipinski definition) is 7. The summed E-state index contributed by atoms with van der Waals surface area (Å²) in [6.45, 7) is 6.08. The van der Waals surface area contributed by atoms with Gasteiger partial charge in [0.2, 0.25) is 0 Å². The molecule has 10 heteroatoms. The molecule has 1 aromatic heterocycles. The summed E-state index contributed by atoms with van der Waals surface area (Å²) in [5.41, 5.74) is 2.04. The van der Waals surface area contributed by atoms with E-state index in [1.807, 2.05) is 13.0 Å². The summed E-state index contributed by atoms with van der Waals surface area (Å²) in [5, 5.41) is 0.555. The molecule has 0 saturated heterocycles. The van der Waals surface area contributed by atoms with Crippen LogP contribution in [0.5, 0.6) is 11.5 Å². The largest absolute Gasteiger partial charge is 0.493 e. The van der Waals surface area contributed by atoms with Gasteiger partial charge in [-0.2, -0.15) is 0 Å². The molecule has 2 heterocycles. The number of benzene rings is 2. The normalized spacial score (nSPS) is 15.4. The lowest BCUT2D eigenvalue weighted by Gasteiger charge is -2.24. The van der Waals surface area contributed by atoms with Crippen molar-refractivity contribution in [3.05, 3.63) is 88.0 Å². The average Bonchev–Trinajstić information content (AvgIpc) is 3.14. The van der Waals surface area contributed by atoms with Crippen molar-refractivity contribution in [3.63, 3.8) is 0 Å². The molecule has 0 saturated carbocycles. The SMILES string of the molecule is CCOC(=O)C1=C(C)N=c2s/c(=C\c3cc(Br)c(OCC)c(OC)c3)c(=O)n2[C@H]1c1ccc(Cl)cc1. The summed E-state index contributed by atoms with van der Waals surface area (Å²) < 4.78 is 19.2. The number of carbonyl (C=O) groups is 1. The zero-order valence-corrected chi connectivity index (χ0v) is 23.3. The molecule has 7 nitrogen and oxygen atoms in total. The third-order valence-corrected chi connectivity index (χ3v) is 7.36. The molecule has 0 radical (unpaired) electrons. The highest BCUT2D eigenvalue weighted by molar-refractivity contribution is 9.10. The molecule has 0 N–H and O–H groups in total. The predicted molar refractivity (Wildman–Crippen MR) is 144 cm³/mol. The highest BCUT2D eigenvalue weighted by atomic mass is 79.9. The molecule has 36 heavy (non-hydrogen) atoms. The van der Waals surface area contributed by atoms with Crippen molar-refractivity contribution >= 4 is 50.9 Å². The van der Waals surface area contributed by atoms with Crippen LogP contribution in [0.1, 0.15) is 37.9 Å². The van der Waals surface area contributed by atoms with Gasteiger partial charge >= 0.3 is 5.97 Å². The number of esters is 1. The summed E-state index contributed by atoms with van der Waals surface area (Å²) in [6.07, 6.45) is 1.77. The van der Waals surface area contributed by atoms with E-state index in [2.05, 4.69) is 20.9 Å². The lowest BCUT2D eigenvalue weighted by atomic mass is 9.96. The first-order valence-corrected chi connectivity index (χ1v) is 13.2. The van der Waals surface area contributed by atoms with Crippen LogP contribution in [-0.4, -0.2) is 30.9 Å². The average molecular weight is 592 g/mol. The topological polar surface area (TPSA) is 79.1 Å². The summed E-state index contributed by atoms with van der Waals surface area (Å²) >= 11 is 10.9. The van der Waals surface area contributed by atoms with E-state index in [0.29, 0.717) is 48.2 Å². The van der Waals surface area contributed by atoms with E-state index in [1.165, 1.54) is 11.3 Å². The van der Waals surface area contributed by atoms with E-state index in [0.717, 1.165) is 11.1 Å². The summed E-state index contributed by atoms with van der Waals surface area (Å²) in [4.78, 5) is 31.8. The van der Waals surface area contributed by atoms with Crippen LogP contribution in [0, 0.1) is 0 Å². The molecular weight excluding hydrogens is 568 g/mol. The fraction of sp³-hybridized carbons (Fsp3) is 0.269. The van der Waals surface area contributed by atoms with Crippen molar-refractivity contribution in [3.8, 4) is 11.5 Å². The number of thiazole rings is 1. The molecule has 3 aromatic rings. The van der Waals surface area contributed by atoms with E-state index in [1.54, 1.807) is 61.9 Å². The highest BCUT2D eigenvalue weighted by Gasteiger charge is 2.33. The lowest BCUT2D eigenvalue weighted by molar-refractivity contribution is -0.139. The zero-order valence-electron chi connectivity index (χ0n) is 20.1. The fourth-order valence-electron chi connectivity index (χ4n) is 4.01. The van der Waals surface area contributed by atoms with E-state index >= 15 is 0 Å². The molecule has 1 atom stereocenters. The number of nitrogens with zero attached hydrogens (tertiary/aromatic N) is 2. The van der Waals surface area contributed by atoms with Crippen LogP contribution >= 0.6 is 38.9 Å². The van der Waals surface area contributed by atoms with Crippen LogP contribution in [0.2, 0.25) is 5.02 Å². The maximum Gasteiger partial charge on any atom is 0.338 e. The smallest absolute Gasteiger partial charge is 0.338 e. The molecule has 1 aliphatic rings. The molecule has 0 fully saturated rings. The van der Waals surface area contributed by atoms with Crippen molar-refractivity contribution < 1.29 is 19.0 Å². The van der Waals surface area contributed by atoms with E-state index in [9.17, 15) is 9.59 Å². The van der Waals surface area contributed by atoms with Crippen LogP contribution in [0.15, 0.2) is 61.9 Å². The zero-order chi connectivity index (χ0) is 26.0. The molecule has 188 valence electrons. The van der Waals surface area contributed by atoms with Gasteiger partial charge in [-0.25, -0.2) is 9.79 Å². The van der Waals surface area contributed by atoms with Gasteiger partial charge in [-0.3, -0.25) is 9.36 Å². The van der Waals surface area contributed by atoms with Gasteiger partial charge in [0.25, 0.3) is 5.56 Å². The number of hydrogen-bond donors (Lipinski definition) is 0. The first-order chi connectivity index (χ1) is 17.3. The number of ether oxygens (including phenoxy) is 3. The molecule has 4 rings (SSSR count). The third kappa shape index (κ3) is 5.00. The van der Waals surface area contributed by atoms with Crippen LogP contribution in [0.3, 0.4) is 0 Å². The van der Waals surface area contributed by atoms with Crippen molar-refractivity contribution in [2.45, 2.75) is 26.8 Å². The van der Waals surface area contributed by atoms with Crippen molar-refractivity contribution in [2.24, 2.45) is 4.99 Å². The van der Waals surface area contributed by atoms with E-state index in [-0.39, 0.29) is 12.2 Å². The molecule has 0 aliphatic carbocycles. The van der Waals surface area contributed by atoms with Gasteiger partial charge in [0, 0.05) is 5.02 Å². The van der Waals surface area contributed by atoms with Gasteiger partial charge in [-0.15, -0.1) is 0 Å². The Morgan fingerprint density at radius 1 is 1.22 bits per heavy atom. The lowest BCUT2D eigenvalue weighted by Crippen LogP contribution is -2.39. The highest BCUT2D eigenvalue weighted by Crippen LogP contribution is 2.37. The molecule has 2 aromatic carbocycles. The van der Waals surface area contributed by atoms with Crippen LogP contribution in [0.4, 0.5) is 0 Å². The van der Waals surface area contributed by atoms with Crippen LogP contribution in [0.25, 0.3) is 6.08 Å². The molecule has 0 spiro atoms. The van der Waals surface area contributed by atoms with Gasteiger partial charge < -0.3 is 14.2 Å². The second-order valence-electron chi connectivity index (χ2n) is 7.82. The monoisotopic (exact) mass is 590 g/mol. The Bertz CT molecular complexity index is 1530. The summed E-state index contributed by atoms with van der Waals surface area (Å²) in [7, 11) is 1.56. The molecule has 0 amide bonds. The third-order valence-electron chi connectivity index (χ3n) is 5.54. The quantitative estimate of drug-likeness (QED) is 0.375. The predicted octanol–water partition coefficient (Wildman–Crippen LogP) is 4.62. The molecule has 1 aliphatic heterocycles. The van der Waals surface area contributed by atoms with E-state index < -0.39 is 12.0 Å². The Hall–Kier alpha value is -2.88. The van der Waals surface area contributed by atoms with Crippen molar-refractivity contribution in [2.75, 3.05) is 20.3 Å². The minimum absolute atomic E-state index is 0.210. The standard InChI is InChI=1S/C26H24BrClN2O5S/c1-5-34-23-18(27)11-15(12-19(23)33-4)13-20-24(31)30-22(16-7-9-17(28)10-8-16)21(25(32)35-6-2)14(3)29-26(30)36-20/h7-13,22H,5-6H2,1-4H3/b20-13-/t22-/m0/s1. The number of halogens is 2. The Kier molecular flexibility index (Phi) is 8.02. The summed E-state index contributed by atoms with van der Waals surface area (Å²) in [5.74, 6) is 0.633. The second-order valence-corrected chi connectivity index (χ2v) is 10.1. The Morgan fingerprint density at radius 2 is 1.94 bits per heavy atom. The minimum Gasteiger partial charge on any atom is -0.493 e. The van der Waals surface area contributed by atoms with Gasteiger partial charge in [0.1, 0.15) is 0 Å². The van der Waals surface area contributed by atoms with E-state index in [4.69, 9.17) is 25.8 Å². The number of fused-ring (bicyclic) bond motifs is 1. The number of rotatable bonds is 7. The van der Waals surface area contributed by atoms with Gasteiger partial charge in [0.05, 0.1) is 46.6 Å². The maximum absolute atomic E-state index is 13.7. The Balaban J connectivity index is 1.92. The first kappa shape index (κ1) is 26.2. The van der Waals surface area contributed by atoms with Crippen molar-refractivity contribution in [1.29, 1.82) is 0 Å². The van der Waals surface area contributed by atoms with Gasteiger partial charge in [0.15, 0.2) is 16.3 Å². The van der Waals surface area contributed by atoms with Crippen LogP contribution < -0.4 is 24.4 Å². The maximum atomic E-state index is 13.7. The van der Waals surface area contributed by atoms with Crippen molar-refractivity contribution in [1.82, 2.24) is 4.57 Å². The van der Waals surface area contributed by atoms with Crippen LogP contribution in [-0.2, 0) is 9.53 Å². The second kappa shape index (κ2) is 11.0. The molecule has 0 bridgehead atoms. The number of allylic oxidation sites excluding steroid dienone is 1. The fourth-order valence-corrected chi connectivity index (χ4v) is 5.76. The molecule has 0 unspecified atom stereocenters. The number of carbonyl (C=O) groups excluding carboxylic acids is 1.